The van der Waals surface area contributed by atoms with Gasteiger partial charge in [0.25, 0.3) is 5.91 Å². The fourth-order valence-corrected chi connectivity index (χ4v) is 6.59. The summed E-state index contributed by atoms with van der Waals surface area (Å²) in [6.45, 7) is 5.65. The van der Waals surface area contributed by atoms with E-state index in [2.05, 4.69) is 0 Å². The third kappa shape index (κ3) is 3.45. The summed E-state index contributed by atoms with van der Waals surface area (Å²) in [7, 11) is 0. The minimum atomic E-state index is -1.41. The summed E-state index contributed by atoms with van der Waals surface area (Å²) in [5.74, 6) is -3.31. The highest BCUT2D eigenvalue weighted by molar-refractivity contribution is 6.34. The highest BCUT2D eigenvalue weighted by atomic mass is 35.5. The molecule has 2 fully saturated rings. The highest BCUT2D eigenvalue weighted by Crippen LogP contribution is 2.58. The number of ether oxygens (including phenoxy) is 2. The summed E-state index contributed by atoms with van der Waals surface area (Å²) in [6, 6.07) is 5.30. The number of fused-ring (bicyclic) bond motifs is 2. The molecule has 2 saturated heterocycles. The number of halogens is 1. The fraction of sp³-hybridized carbons (Fsp3) is 0.519. The molecule has 0 radical (unpaired) electrons. The van der Waals surface area contributed by atoms with Crippen LogP contribution in [0.25, 0.3) is 0 Å². The number of anilines is 1. The smallest absolute Gasteiger partial charge is 0.313 e. The number of benzene rings is 1. The van der Waals surface area contributed by atoms with Gasteiger partial charge >= 0.3 is 5.97 Å². The van der Waals surface area contributed by atoms with Crippen molar-refractivity contribution >= 4 is 35.1 Å². The van der Waals surface area contributed by atoms with Gasteiger partial charge in [0.15, 0.2) is 0 Å². The minimum absolute atomic E-state index is 0.0938. The van der Waals surface area contributed by atoms with Crippen LogP contribution >= 0.6 is 11.6 Å². The summed E-state index contributed by atoms with van der Waals surface area (Å²) < 4.78 is 12.1. The van der Waals surface area contributed by atoms with E-state index in [1.54, 1.807) is 60.4 Å². The molecule has 192 valence electrons. The van der Waals surface area contributed by atoms with Crippen LogP contribution < -0.4 is 4.90 Å². The van der Waals surface area contributed by atoms with E-state index in [4.69, 9.17) is 21.1 Å². The molecule has 0 saturated carbocycles. The van der Waals surface area contributed by atoms with Crippen LogP contribution in [0.1, 0.15) is 27.2 Å². The number of aliphatic hydroxyl groups is 1. The number of hydrogen-bond acceptors (Lipinski definition) is 6. The number of para-hydroxylation sites is 1. The number of carbonyl (C=O) groups is 3. The highest BCUT2D eigenvalue weighted by Gasteiger charge is 2.75. The maximum Gasteiger partial charge on any atom is 0.313 e. The van der Waals surface area contributed by atoms with Gasteiger partial charge in [-0.25, -0.2) is 0 Å². The molecule has 0 aromatic heterocycles. The number of carbonyl (C=O) groups excluding carboxylic acids is 3. The Labute approximate surface area is 215 Å². The lowest BCUT2D eigenvalue weighted by Crippen LogP contribution is -2.60. The van der Waals surface area contributed by atoms with Crippen molar-refractivity contribution in [1.29, 1.82) is 0 Å². The first-order chi connectivity index (χ1) is 17.2. The Morgan fingerprint density at radius 3 is 2.58 bits per heavy atom. The van der Waals surface area contributed by atoms with E-state index in [0.29, 0.717) is 17.1 Å². The van der Waals surface area contributed by atoms with Crippen molar-refractivity contribution < 1.29 is 29.0 Å². The number of nitrogens with zero attached hydrogens (tertiary/aromatic N) is 2. The number of aliphatic hydroxyl groups excluding tert-OH is 1. The van der Waals surface area contributed by atoms with Crippen molar-refractivity contribution in [3.8, 4) is 0 Å². The zero-order valence-corrected chi connectivity index (χ0v) is 21.4. The molecule has 5 rings (SSSR count). The second-order valence-corrected chi connectivity index (χ2v) is 10.6. The molecule has 7 atom stereocenters. The van der Waals surface area contributed by atoms with E-state index in [-0.39, 0.29) is 37.5 Å². The molecule has 1 aromatic carbocycles. The number of likely N-dealkylation sites (tertiary alicyclic amines) is 1. The summed E-state index contributed by atoms with van der Waals surface area (Å²) in [5, 5.41) is 10.8. The van der Waals surface area contributed by atoms with Crippen LogP contribution in [-0.2, 0) is 23.9 Å². The van der Waals surface area contributed by atoms with Crippen molar-refractivity contribution in [2.45, 2.75) is 50.5 Å². The zero-order valence-electron chi connectivity index (χ0n) is 20.6. The monoisotopic (exact) mass is 514 g/mol. The largest absolute Gasteiger partial charge is 0.461 e. The number of esters is 1. The van der Waals surface area contributed by atoms with Crippen molar-refractivity contribution in [1.82, 2.24) is 4.90 Å². The van der Waals surface area contributed by atoms with Gasteiger partial charge in [0.2, 0.25) is 5.91 Å². The Hall–Kier alpha value is -2.68. The Bertz CT molecular complexity index is 1150. The first-order valence-corrected chi connectivity index (χ1v) is 12.8. The van der Waals surface area contributed by atoms with Gasteiger partial charge in [0.05, 0.1) is 34.9 Å². The van der Waals surface area contributed by atoms with Crippen molar-refractivity contribution in [2.75, 3.05) is 24.7 Å². The third-order valence-corrected chi connectivity index (χ3v) is 8.56. The first-order valence-electron chi connectivity index (χ1n) is 12.4. The molecule has 1 unspecified atom stereocenters. The van der Waals surface area contributed by atoms with Gasteiger partial charge in [-0.05, 0) is 31.1 Å². The number of rotatable bonds is 5. The summed E-state index contributed by atoms with van der Waals surface area (Å²) >= 11 is 6.48. The second kappa shape index (κ2) is 9.01. The van der Waals surface area contributed by atoms with Crippen LogP contribution in [0.4, 0.5) is 5.69 Å². The lowest BCUT2D eigenvalue weighted by Gasteiger charge is -2.41. The summed E-state index contributed by atoms with van der Waals surface area (Å²) in [4.78, 5) is 44.9. The predicted octanol–water partition coefficient (Wildman–Crippen LogP) is 2.73. The van der Waals surface area contributed by atoms with Crippen molar-refractivity contribution in [3.05, 3.63) is 53.6 Å². The maximum atomic E-state index is 14.4. The van der Waals surface area contributed by atoms with Crippen LogP contribution in [-0.4, -0.2) is 70.8 Å². The maximum absolute atomic E-state index is 14.4. The van der Waals surface area contributed by atoms with Gasteiger partial charge < -0.3 is 24.4 Å². The van der Waals surface area contributed by atoms with Gasteiger partial charge in [0.1, 0.15) is 24.2 Å². The van der Waals surface area contributed by atoms with Gasteiger partial charge in [-0.3, -0.25) is 14.4 Å². The number of amides is 2. The molecule has 4 aliphatic rings. The van der Waals surface area contributed by atoms with Crippen molar-refractivity contribution in [2.24, 2.45) is 17.8 Å². The van der Waals surface area contributed by atoms with Gasteiger partial charge in [-0.2, -0.15) is 0 Å². The van der Waals surface area contributed by atoms with Crippen LogP contribution in [0.3, 0.4) is 0 Å². The van der Waals surface area contributed by atoms with Crippen LogP contribution in [0, 0.1) is 17.8 Å². The van der Waals surface area contributed by atoms with E-state index in [0.717, 1.165) is 0 Å². The molecule has 8 nitrogen and oxygen atoms in total. The summed E-state index contributed by atoms with van der Waals surface area (Å²) in [5.41, 5.74) is -2.03. The Morgan fingerprint density at radius 2 is 1.89 bits per heavy atom. The summed E-state index contributed by atoms with van der Waals surface area (Å²) in [6.07, 6.45) is 7.72. The number of hydrogen-bond donors (Lipinski definition) is 1. The SMILES string of the molecule is CC[C@H](C)[C@H](CO)N1C(=O)[C@@H]2[C@H]3C(=O)OCC=C[C@@]3(C)O[C@@]23C=CCN(c2ccccc2Cl)C(=O)C13. The standard InChI is InChI=1S/C27H31ClN2O6/c1-4-16(2)19(15-31)30-22-24(33)29(18-10-6-5-9-17(18)28)13-7-12-27(22)20(23(30)32)21-25(34)35-14-8-11-26(21,3)36-27/h5-12,16,19-22,31H,4,13-15H2,1-3H3/t16-,19-,20-,21-,22?,26+,27-/m0/s1. The molecule has 2 amide bonds. The molecule has 4 aliphatic heterocycles. The molecule has 1 spiro atoms. The number of cyclic esters (lactones) is 1. The molecular formula is C27H31ClN2O6. The fourth-order valence-electron chi connectivity index (χ4n) is 6.35. The van der Waals surface area contributed by atoms with Gasteiger partial charge in [-0.15, -0.1) is 0 Å². The average Bonchev–Trinajstić information content (AvgIpc) is 3.11. The van der Waals surface area contributed by atoms with Crippen molar-refractivity contribution in [3.63, 3.8) is 0 Å². The molecular weight excluding hydrogens is 484 g/mol. The molecule has 0 bridgehead atoms. The van der Waals surface area contributed by atoms with E-state index < -0.39 is 41.1 Å². The van der Waals surface area contributed by atoms with E-state index in [1.165, 1.54) is 4.90 Å². The van der Waals surface area contributed by atoms with Crippen LogP contribution in [0.2, 0.25) is 5.02 Å². The van der Waals surface area contributed by atoms with Crippen LogP contribution in [0.5, 0.6) is 0 Å². The molecule has 4 heterocycles. The molecule has 1 aromatic rings. The lowest BCUT2D eigenvalue weighted by atomic mass is 9.75. The van der Waals surface area contributed by atoms with Gasteiger partial charge in [0, 0.05) is 6.54 Å². The minimum Gasteiger partial charge on any atom is -0.461 e. The predicted molar refractivity (Wildman–Crippen MR) is 133 cm³/mol. The topological polar surface area (TPSA) is 96.4 Å². The van der Waals surface area contributed by atoms with E-state index in [9.17, 15) is 19.5 Å². The lowest BCUT2D eigenvalue weighted by molar-refractivity contribution is -0.158. The molecule has 1 N–H and O–H groups in total. The zero-order chi connectivity index (χ0) is 25.8. The molecule has 36 heavy (non-hydrogen) atoms. The Kier molecular flexibility index (Phi) is 6.25. The molecule has 9 heteroatoms. The Balaban J connectivity index is 1.71. The average molecular weight is 515 g/mol. The Morgan fingerprint density at radius 1 is 1.14 bits per heavy atom. The third-order valence-electron chi connectivity index (χ3n) is 8.24. The van der Waals surface area contributed by atoms with E-state index in [1.807, 2.05) is 13.8 Å². The molecule has 0 aliphatic carbocycles. The second-order valence-electron chi connectivity index (χ2n) is 10.2. The van der Waals surface area contributed by atoms with Gasteiger partial charge in [-0.1, -0.05) is 62.2 Å². The normalized spacial score (nSPS) is 35.0. The quantitative estimate of drug-likeness (QED) is 0.479. The first kappa shape index (κ1) is 25.0. The van der Waals surface area contributed by atoms with E-state index >= 15 is 0 Å². The van der Waals surface area contributed by atoms with Crippen LogP contribution in [0.15, 0.2) is 48.6 Å².